The number of benzene rings is 2. The lowest BCUT2D eigenvalue weighted by Crippen LogP contribution is -2.11. The number of esters is 2. The monoisotopic (exact) mass is 370 g/mol. The fraction of sp³-hybridized carbons (Fsp3) is 0.105. The minimum absolute atomic E-state index is 0.0190. The fourth-order valence-corrected chi connectivity index (χ4v) is 2.83. The first-order valence-electron chi connectivity index (χ1n) is 7.68. The predicted molar refractivity (Wildman–Crippen MR) is 96.7 cm³/mol. The summed E-state index contributed by atoms with van der Waals surface area (Å²) in [5, 5.41) is 4.73. The molecule has 26 heavy (non-hydrogen) atoms. The van der Waals surface area contributed by atoms with Gasteiger partial charge >= 0.3 is 11.9 Å². The highest BCUT2D eigenvalue weighted by atomic mass is 35.5. The second-order valence-electron chi connectivity index (χ2n) is 5.28. The number of hydrogen-bond acceptors (Lipinski definition) is 5. The van der Waals surface area contributed by atoms with Gasteiger partial charge in [0.2, 0.25) is 0 Å². The Balaban J connectivity index is 2.41. The zero-order valence-electron chi connectivity index (χ0n) is 14.1. The Kier molecular flexibility index (Phi) is 5.04. The Morgan fingerprint density at radius 3 is 2.15 bits per heavy atom. The molecule has 0 saturated heterocycles. The van der Waals surface area contributed by atoms with Gasteiger partial charge in [0, 0.05) is 5.56 Å². The van der Waals surface area contributed by atoms with E-state index in [-0.39, 0.29) is 11.3 Å². The lowest BCUT2D eigenvalue weighted by Gasteiger charge is -2.10. The van der Waals surface area contributed by atoms with Crippen molar-refractivity contribution >= 4 is 23.5 Å². The van der Waals surface area contributed by atoms with E-state index in [0.717, 1.165) is 0 Å². The van der Waals surface area contributed by atoms with E-state index in [2.05, 4.69) is 5.10 Å². The minimum atomic E-state index is -0.742. The minimum Gasteiger partial charge on any atom is -0.465 e. The number of rotatable bonds is 4. The molecule has 0 saturated carbocycles. The molecule has 0 atom stereocenters. The Hall–Kier alpha value is -3.12. The van der Waals surface area contributed by atoms with Gasteiger partial charge in [-0.05, 0) is 12.1 Å². The maximum Gasteiger partial charge on any atom is 0.359 e. The largest absolute Gasteiger partial charge is 0.465 e. The molecule has 0 aliphatic carbocycles. The molecular formula is C19H15ClN2O4. The van der Waals surface area contributed by atoms with Crippen LogP contribution in [0, 0.1) is 0 Å². The smallest absolute Gasteiger partial charge is 0.359 e. The van der Waals surface area contributed by atoms with Gasteiger partial charge in [-0.2, -0.15) is 5.10 Å². The Morgan fingerprint density at radius 2 is 1.54 bits per heavy atom. The molecule has 3 aromatic rings. The van der Waals surface area contributed by atoms with E-state index in [1.165, 1.54) is 18.9 Å². The second-order valence-corrected chi connectivity index (χ2v) is 5.69. The summed E-state index contributed by atoms with van der Waals surface area (Å²) in [7, 11) is 2.46. The average molecular weight is 371 g/mol. The van der Waals surface area contributed by atoms with Gasteiger partial charge < -0.3 is 9.47 Å². The summed E-state index contributed by atoms with van der Waals surface area (Å²) in [4.78, 5) is 24.7. The van der Waals surface area contributed by atoms with Crippen LogP contribution in [0.5, 0.6) is 0 Å². The van der Waals surface area contributed by atoms with Crippen molar-refractivity contribution in [1.82, 2.24) is 9.78 Å². The van der Waals surface area contributed by atoms with Crippen LogP contribution in [0.2, 0.25) is 5.02 Å². The topological polar surface area (TPSA) is 70.4 Å². The molecule has 1 aromatic heterocycles. The third kappa shape index (κ3) is 3.07. The van der Waals surface area contributed by atoms with Crippen molar-refractivity contribution in [2.24, 2.45) is 0 Å². The van der Waals surface area contributed by atoms with Crippen LogP contribution in [0.15, 0.2) is 54.6 Å². The number of halogens is 1. The molecule has 0 spiro atoms. The normalized spacial score (nSPS) is 10.4. The number of aromatic nitrogens is 2. The van der Waals surface area contributed by atoms with Gasteiger partial charge in [-0.1, -0.05) is 54.1 Å². The molecule has 3 rings (SSSR count). The molecule has 0 unspecified atom stereocenters. The van der Waals surface area contributed by atoms with Crippen LogP contribution >= 0.6 is 11.6 Å². The van der Waals surface area contributed by atoms with Gasteiger partial charge in [0.25, 0.3) is 0 Å². The van der Waals surface area contributed by atoms with E-state index in [0.29, 0.717) is 22.0 Å². The Labute approximate surface area is 154 Å². The van der Waals surface area contributed by atoms with Crippen LogP contribution in [-0.2, 0) is 9.47 Å². The summed E-state index contributed by atoms with van der Waals surface area (Å²) in [5.74, 6) is -1.43. The average Bonchev–Trinajstić information content (AvgIpc) is 3.08. The molecule has 0 bridgehead atoms. The third-order valence-electron chi connectivity index (χ3n) is 3.78. The summed E-state index contributed by atoms with van der Waals surface area (Å²) in [6, 6.07) is 16.1. The first-order chi connectivity index (χ1) is 12.6. The Morgan fingerprint density at radius 1 is 0.923 bits per heavy atom. The van der Waals surface area contributed by atoms with Crippen molar-refractivity contribution in [2.45, 2.75) is 0 Å². The van der Waals surface area contributed by atoms with Crippen LogP contribution in [0.1, 0.15) is 20.8 Å². The van der Waals surface area contributed by atoms with E-state index in [1.54, 1.807) is 36.4 Å². The van der Waals surface area contributed by atoms with Crippen molar-refractivity contribution < 1.29 is 19.1 Å². The summed E-state index contributed by atoms with van der Waals surface area (Å²) < 4.78 is 11.1. The molecule has 132 valence electrons. The predicted octanol–water partition coefficient (Wildman–Crippen LogP) is 3.77. The molecule has 1 heterocycles. The van der Waals surface area contributed by atoms with Crippen LogP contribution in [0.25, 0.3) is 16.9 Å². The molecule has 2 aromatic carbocycles. The molecular weight excluding hydrogens is 356 g/mol. The lowest BCUT2D eigenvalue weighted by molar-refractivity contribution is 0.0552. The van der Waals surface area contributed by atoms with Crippen LogP contribution in [0.3, 0.4) is 0 Å². The Bertz CT molecular complexity index is 967. The SMILES string of the molecule is COC(=O)c1nn(-c2ccccc2Cl)c(-c2ccccc2)c1C(=O)OC. The van der Waals surface area contributed by atoms with E-state index < -0.39 is 11.9 Å². The summed E-state index contributed by atoms with van der Waals surface area (Å²) >= 11 is 6.31. The first kappa shape index (κ1) is 17.7. The molecule has 0 fully saturated rings. The van der Waals surface area contributed by atoms with Gasteiger partial charge in [-0.15, -0.1) is 0 Å². The number of para-hydroxylation sites is 1. The number of carbonyl (C=O) groups excluding carboxylic acids is 2. The second kappa shape index (κ2) is 7.41. The highest BCUT2D eigenvalue weighted by Gasteiger charge is 2.31. The van der Waals surface area contributed by atoms with E-state index >= 15 is 0 Å². The van der Waals surface area contributed by atoms with E-state index in [4.69, 9.17) is 21.1 Å². The van der Waals surface area contributed by atoms with Crippen LogP contribution in [-0.4, -0.2) is 35.9 Å². The highest BCUT2D eigenvalue weighted by molar-refractivity contribution is 6.32. The lowest BCUT2D eigenvalue weighted by atomic mass is 10.1. The van der Waals surface area contributed by atoms with Crippen molar-refractivity contribution in [2.75, 3.05) is 14.2 Å². The highest BCUT2D eigenvalue weighted by Crippen LogP contribution is 2.32. The number of nitrogens with zero attached hydrogens (tertiary/aromatic N) is 2. The van der Waals surface area contributed by atoms with Crippen molar-refractivity contribution in [3.63, 3.8) is 0 Å². The quantitative estimate of drug-likeness (QED) is 0.654. The molecule has 0 N–H and O–H groups in total. The van der Waals surface area contributed by atoms with Crippen LogP contribution < -0.4 is 0 Å². The summed E-state index contributed by atoms with van der Waals surface area (Å²) in [5.41, 5.74) is 1.47. The molecule has 0 aliphatic heterocycles. The van der Waals surface area contributed by atoms with Gasteiger partial charge in [0.05, 0.1) is 30.6 Å². The maximum absolute atomic E-state index is 12.5. The van der Waals surface area contributed by atoms with Gasteiger partial charge in [0.15, 0.2) is 5.69 Å². The number of ether oxygens (including phenoxy) is 2. The zero-order valence-corrected chi connectivity index (χ0v) is 14.9. The van der Waals surface area contributed by atoms with Crippen LogP contribution in [0.4, 0.5) is 0 Å². The first-order valence-corrected chi connectivity index (χ1v) is 8.06. The van der Waals surface area contributed by atoms with Gasteiger partial charge in [-0.25, -0.2) is 14.3 Å². The third-order valence-corrected chi connectivity index (χ3v) is 4.10. The van der Waals surface area contributed by atoms with Gasteiger partial charge in [0.1, 0.15) is 5.56 Å². The molecule has 0 aliphatic rings. The summed E-state index contributed by atoms with van der Waals surface area (Å²) in [6.07, 6.45) is 0. The van der Waals surface area contributed by atoms with E-state index in [1.807, 2.05) is 18.2 Å². The van der Waals surface area contributed by atoms with Crippen molar-refractivity contribution in [1.29, 1.82) is 0 Å². The van der Waals surface area contributed by atoms with Gasteiger partial charge in [-0.3, -0.25) is 0 Å². The fourth-order valence-electron chi connectivity index (χ4n) is 2.61. The summed E-state index contributed by atoms with van der Waals surface area (Å²) in [6.45, 7) is 0. The van der Waals surface area contributed by atoms with Crippen molar-refractivity contribution in [3.05, 3.63) is 70.9 Å². The number of methoxy groups -OCH3 is 2. The molecule has 0 radical (unpaired) electrons. The molecule has 0 amide bonds. The molecule has 6 nitrogen and oxygen atoms in total. The number of hydrogen-bond donors (Lipinski definition) is 0. The zero-order chi connectivity index (χ0) is 18.7. The molecule has 7 heteroatoms. The standard InChI is InChI=1S/C19H15ClN2O4/c1-25-18(23)15-16(19(24)26-2)21-22(14-11-7-6-10-13(14)20)17(15)12-8-4-3-5-9-12/h3-11H,1-2H3. The van der Waals surface area contributed by atoms with E-state index in [9.17, 15) is 9.59 Å². The van der Waals surface area contributed by atoms with Crippen molar-refractivity contribution in [3.8, 4) is 16.9 Å². The number of carbonyl (C=O) groups is 2. The maximum atomic E-state index is 12.5.